The summed E-state index contributed by atoms with van der Waals surface area (Å²) >= 11 is 0.878. The lowest BCUT2D eigenvalue weighted by Crippen LogP contribution is -2.35. The summed E-state index contributed by atoms with van der Waals surface area (Å²) in [5.41, 5.74) is 5.31. The molecule has 1 heterocycles. The van der Waals surface area contributed by atoms with Crippen LogP contribution < -0.4 is 10.6 Å². The average Bonchev–Trinajstić information content (AvgIpc) is 2.48. The first-order valence-electron chi connectivity index (χ1n) is 4.07. The van der Waals surface area contributed by atoms with Gasteiger partial charge in [-0.25, -0.2) is 0 Å². The molecule has 0 spiro atoms. The number of hydrogen-bond acceptors (Lipinski definition) is 5. The number of halogens is 3. The highest BCUT2D eigenvalue weighted by Crippen LogP contribution is 2.26. The highest BCUT2D eigenvalue weighted by atomic mass is 32.1. The van der Waals surface area contributed by atoms with Crippen LogP contribution in [0.3, 0.4) is 0 Å². The number of aliphatic hydroxyl groups excluding tert-OH is 1. The van der Waals surface area contributed by atoms with Crippen molar-refractivity contribution in [3.8, 4) is 0 Å². The van der Waals surface area contributed by atoms with Gasteiger partial charge in [0.05, 0.1) is 6.61 Å². The maximum atomic E-state index is 12.2. The van der Waals surface area contributed by atoms with E-state index in [1.807, 2.05) is 0 Å². The topological polar surface area (TPSA) is 62.4 Å². The number of anilines is 2. The van der Waals surface area contributed by atoms with Crippen LogP contribution in [0.4, 0.5) is 24.0 Å². The number of aromatic nitrogens is 1. The minimum atomic E-state index is -4.31. The molecule has 1 rings (SSSR count). The summed E-state index contributed by atoms with van der Waals surface area (Å²) < 4.78 is 40.1. The largest absolute Gasteiger partial charge is 0.405 e. The number of alkyl halides is 3. The zero-order chi connectivity index (χ0) is 11.5. The molecule has 8 heteroatoms. The minimum Gasteiger partial charge on any atom is -0.395 e. The Hall–Kier alpha value is -1.02. The fraction of sp³-hybridized carbons (Fsp3) is 0.571. The van der Waals surface area contributed by atoms with Crippen molar-refractivity contribution in [3.05, 3.63) is 6.07 Å². The molecule has 1 aromatic heterocycles. The van der Waals surface area contributed by atoms with E-state index in [4.69, 9.17) is 10.8 Å². The number of hydrogen-bond donors (Lipinski definition) is 2. The Kier molecular flexibility index (Phi) is 3.75. The number of rotatable bonds is 4. The lowest BCUT2D eigenvalue weighted by atomic mass is 10.4. The molecule has 0 saturated carbocycles. The predicted octanol–water partition coefficient (Wildman–Crippen LogP) is 1.09. The Morgan fingerprint density at radius 2 is 2.20 bits per heavy atom. The van der Waals surface area contributed by atoms with Crippen LogP contribution in [0, 0.1) is 0 Å². The molecule has 0 unspecified atom stereocenters. The van der Waals surface area contributed by atoms with Crippen molar-refractivity contribution in [3.63, 3.8) is 0 Å². The lowest BCUT2D eigenvalue weighted by molar-refractivity contribution is -0.119. The first-order valence-corrected chi connectivity index (χ1v) is 4.84. The van der Waals surface area contributed by atoms with Crippen molar-refractivity contribution in [2.75, 3.05) is 30.3 Å². The second kappa shape index (κ2) is 4.67. The van der Waals surface area contributed by atoms with E-state index in [9.17, 15) is 13.2 Å². The van der Waals surface area contributed by atoms with Gasteiger partial charge in [-0.05, 0) is 11.5 Å². The smallest absolute Gasteiger partial charge is 0.395 e. The van der Waals surface area contributed by atoms with Crippen LogP contribution in [0.2, 0.25) is 0 Å². The van der Waals surface area contributed by atoms with Crippen molar-refractivity contribution < 1.29 is 18.3 Å². The molecule has 0 aliphatic heterocycles. The van der Waals surface area contributed by atoms with Crippen LogP contribution in [-0.4, -0.2) is 35.4 Å². The molecular formula is C7H10F3N3OS. The van der Waals surface area contributed by atoms with Crippen LogP contribution >= 0.6 is 11.5 Å². The molecule has 15 heavy (non-hydrogen) atoms. The summed E-state index contributed by atoms with van der Waals surface area (Å²) in [7, 11) is 0. The molecule has 86 valence electrons. The van der Waals surface area contributed by atoms with Crippen molar-refractivity contribution in [2.24, 2.45) is 0 Å². The van der Waals surface area contributed by atoms with E-state index in [2.05, 4.69) is 4.37 Å². The van der Waals surface area contributed by atoms with Gasteiger partial charge in [0.1, 0.15) is 17.4 Å². The number of aliphatic hydroxyl groups is 1. The quantitative estimate of drug-likeness (QED) is 0.828. The molecule has 4 nitrogen and oxygen atoms in total. The van der Waals surface area contributed by atoms with Crippen molar-refractivity contribution in [1.29, 1.82) is 0 Å². The Balaban J connectivity index is 2.74. The van der Waals surface area contributed by atoms with Gasteiger partial charge in [0.25, 0.3) is 0 Å². The molecule has 0 bridgehead atoms. The van der Waals surface area contributed by atoms with Crippen LogP contribution in [0.1, 0.15) is 0 Å². The summed E-state index contributed by atoms with van der Waals surface area (Å²) in [6, 6.07) is 1.35. The van der Waals surface area contributed by atoms with E-state index in [-0.39, 0.29) is 19.0 Å². The maximum Gasteiger partial charge on any atom is 0.405 e. The highest BCUT2D eigenvalue weighted by Gasteiger charge is 2.31. The van der Waals surface area contributed by atoms with Gasteiger partial charge in [-0.2, -0.15) is 17.5 Å². The zero-order valence-electron chi connectivity index (χ0n) is 7.66. The highest BCUT2D eigenvalue weighted by molar-refractivity contribution is 7.10. The molecule has 0 aliphatic carbocycles. The SMILES string of the molecule is Nc1cc(N(CCO)CC(F)(F)F)sn1. The maximum absolute atomic E-state index is 12.2. The van der Waals surface area contributed by atoms with Gasteiger partial charge in [-0.1, -0.05) is 0 Å². The fourth-order valence-corrected chi connectivity index (χ4v) is 1.73. The lowest BCUT2D eigenvalue weighted by Gasteiger charge is -2.22. The van der Waals surface area contributed by atoms with Gasteiger partial charge in [-0.3, -0.25) is 0 Å². The van der Waals surface area contributed by atoms with Crippen molar-refractivity contribution >= 4 is 22.4 Å². The molecule has 0 amide bonds. The molecule has 0 saturated heterocycles. The number of nitrogens with two attached hydrogens (primary N) is 1. The summed E-state index contributed by atoms with van der Waals surface area (Å²) in [6.45, 7) is -1.57. The molecule has 0 aliphatic rings. The Labute approximate surface area is 88.3 Å². The van der Waals surface area contributed by atoms with Gasteiger partial charge in [0.15, 0.2) is 0 Å². The van der Waals surface area contributed by atoms with Gasteiger partial charge in [0.2, 0.25) is 0 Å². The van der Waals surface area contributed by atoms with Crippen LogP contribution in [0.5, 0.6) is 0 Å². The molecule has 1 aromatic rings. The van der Waals surface area contributed by atoms with Crippen molar-refractivity contribution in [1.82, 2.24) is 4.37 Å². The first kappa shape index (κ1) is 12.1. The molecule has 0 fully saturated rings. The van der Waals surface area contributed by atoms with E-state index in [1.165, 1.54) is 6.07 Å². The third kappa shape index (κ3) is 3.92. The monoisotopic (exact) mass is 241 g/mol. The predicted molar refractivity (Wildman–Crippen MR) is 51.9 cm³/mol. The van der Waals surface area contributed by atoms with Gasteiger partial charge in [-0.15, -0.1) is 0 Å². The first-order chi connectivity index (χ1) is 6.92. The second-order valence-electron chi connectivity index (χ2n) is 2.85. The summed E-state index contributed by atoms with van der Waals surface area (Å²) in [5.74, 6) is 0.181. The zero-order valence-corrected chi connectivity index (χ0v) is 8.48. The molecular weight excluding hydrogens is 231 g/mol. The summed E-state index contributed by atoms with van der Waals surface area (Å²) in [6.07, 6.45) is -4.31. The minimum absolute atomic E-state index is 0.0961. The third-order valence-corrected chi connectivity index (χ3v) is 2.43. The molecule has 3 N–H and O–H groups in total. The van der Waals surface area contributed by atoms with Gasteiger partial charge in [0, 0.05) is 12.6 Å². The van der Waals surface area contributed by atoms with E-state index in [0.29, 0.717) is 5.00 Å². The van der Waals surface area contributed by atoms with Gasteiger partial charge >= 0.3 is 6.18 Å². The normalized spacial score (nSPS) is 11.7. The second-order valence-corrected chi connectivity index (χ2v) is 3.63. The Bertz CT molecular complexity index is 315. The van der Waals surface area contributed by atoms with E-state index < -0.39 is 12.7 Å². The average molecular weight is 241 g/mol. The van der Waals surface area contributed by atoms with Gasteiger partial charge < -0.3 is 15.7 Å². The summed E-state index contributed by atoms with van der Waals surface area (Å²) in [5, 5.41) is 8.95. The third-order valence-electron chi connectivity index (χ3n) is 1.57. The fourth-order valence-electron chi connectivity index (χ4n) is 1.03. The standard InChI is InChI=1S/C7H10F3N3OS/c8-7(9,10)4-13(1-2-14)6-3-5(11)12-15-6/h3,14H,1-2,4H2,(H2,11,12). The Morgan fingerprint density at radius 3 is 2.60 bits per heavy atom. The molecule has 0 atom stereocenters. The van der Waals surface area contributed by atoms with E-state index in [0.717, 1.165) is 16.4 Å². The number of nitrogen functional groups attached to an aromatic ring is 1. The Morgan fingerprint density at radius 1 is 1.53 bits per heavy atom. The van der Waals surface area contributed by atoms with Crippen LogP contribution in [0.15, 0.2) is 6.07 Å². The van der Waals surface area contributed by atoms with Crippen LogP contribution in [0.25, 0.3) is 0 Å². The molecule has 0 aromatic carbocycles. The van der Waals surface area contributed by atoms with E-state index in [1.54, 1.807) is 0 Å². The number of nitrogens with zero attached hydrogens (tertiary/aromatic N) is 2. The van der Waals surface area contributed by atoms with E-state index >= 15 is 0 Å². The van der Waals surface area contributed by atoms with Crippen molar-refractivity contribution in [2.45, 2.75) is 6.18 Å². The van der Waals surface area contributed by atoms with Crippen LogP contribution in [-0.2, 0) is 0 Å². The summed E-state index contributed by atoms with van der Waals surface area (Å²) in [4.78, 5) is 0.994. The molecule has 0 radical (unpaired) electrons.